The summed E-state index contributed by atoms with van der Waals surface area (Å²) in [5.74, 6) is 0.485. The molecule has 1 saturated heterocycles. The Kier molecular flexibility index (Phi) is 4.67. The van der Waals surface area contributed by atoms with Crippen molar-refractivity contribution in [2.75, 3.05) is 30.8 Å². The molecule has 0 bridgehead atoms. The molecule has 1 unspecified atom stereocenters. The molecule has 21 heavy (non-hydrogen) atoms. The first-order valence-corrected chi connectivity index (χ1v) is 7.23. The Bertz CT molecular complexity index is 481. The van der Waals surface area contributed by atoms with Gasteiger partial charge in [-0.15, -0.1) is 0 Å². The number of pyridine rings is 1. The van der Waals surface area contributed by atoms with E-state index >= 15 is 0 Å². The third kappa shape index (κ3) is 5.23. The van der Waals surface area contributed by atoms with Crippen LogP contribution in [0.15, 0.2) is 18.3 Å². The number of amides is 1. The molecule has 1 aliphatic heterocycles. The van der Waals surface area contributed by atoms with Crippen LogP contribution in [0.3, 0.4) is 0 Å². The van der Waals surface area contributed by atoms with E-state index in [1.165, 1.54) is 0 Å². The zero-order valence-corrected chi connectivity index (χ0v) is 13.1. The summed E-state index contributed by atoms with van der Waals surface area (Å²) in [6.45, 7) is 7.63. The number of likely N-dealkylation sites (N-methyl/N-ethyl adjacent to an activating group) is 1. The predicted molar refractivity (Wildman–Crippen MR) is 83.6 cm³/mol. The molecular formula is C15H24N4O2. The third-order valence-corrected chi connectivity index (χ3v) is 3.15. The van der Waals surface area contributed by atoms with Crippen molar-refractivity contribution >= 4 is 17.6 Å². The van der Waals surface area contributed by atoms with Gasteiger partial charge in [0.25, 0.3) is 0 Å². The first-order chi connectivity index (χ1) is 9.82. The number of nitrogens with zero attached hydrogens (tertiary/aromatic N) is 2. The predicted octanol–water partition coefficient (Wildman–Crippen LogP) is 2.54. The van der Waals surface area contributed by atoms with Crippen LogP contribution in [-0.2, 0) is 4.74 Å². The van der Waals surface area contributed by atoms with Gasteiger partial charge in [0.15, 0.2) is 0 Å². The first-order valence-electron chi connectivity index (χ1n) is 7.23. The summed E-state index contributed by atoms with van der Waals surface area (Å²) in [6.07, 6.45) is 2.37. The van der Waals surface area contributed by atoms with E-state index in [-0.39, 0.29) is 0 Å². The molecule has 6 nitrogen and oxygen atoms in total. The molecule has 2 rings (SSSR count). The van der Waals surface area contributed by atoms with Crippen molar-refractivity contribution < 1.29 is 9.53 Å². The lowest BCUT2D eigenvalue weighted by atomic mass is 10.2. The Labute approximate surface area is 125 Å². The number of aromatic nitrogens is 1. The van der Waals surface area contributed by atoms with Crippen LogP contribution < -0.4 is 10.6 Å². The van der Waals surface area contributed by atoms with Gasteiger partial charge in [0, 0.05) is 12.6 Å². The highest BCUT2D eigenvalue weighted by atomic mass is 16.6. The number of carbonyl (C=O) groups is 1. The molecule has 0 spiro atoms. The second-order valence-corrected chi connectivity index (χ2v) is 6.45. The Balaban J connectivity index is 1.85. The lowest BCUT2D eigenvalue weighted by Crippen LogP contribution is -2.27. The SMILES string of the molecule is CN1CCC(Nc2ccc(NC(=O)OC(C)(C)C)nc2)C1. The molecule has 1 aromatic heterocycles. The minimum Gasteiger partial charge on any atom is -0.444 e. The highest BCUT2D eigenvalue weighted by Crippen LogP contribution is 2.16. The summed E-state index contributed by atoms with van der Waals surface area (Å²) in [5, 5.41) is 6.06. The molecule has 0 radical (unpaired) electrons. The number of carbonyl (C=O) groups excluding carboxylic acids is 1. The summed E-state index contributed by atoms with van der Waals surface area (Å²) < 4.78 is 5.18. The fraction of sp³-hybridized carbons (Fsp3) is 0.600. The van der Waals surface area contributed by atoms with E-state index < -0.39 is 11.7 Å². The molecule has 1 aliphatic rings. The summed E-state index contributed by atoms with van der Waals surface area (Å²) in [4.78, 5) is 18.2. The average Bonchev–Trinajstić information content (AvgIpc) is 2.75. The van der Waals surface area contributed by atoms with Gasteiger partial charge in [-0.2, -0.15) is 0 Å². The average molecular weight is 292 g/mol. The van der Waals surface area contributed by atoms with Gasteiger partial charge < -0.3 is 15.0 Å². The van der Waals surface area contributed by atoms with E-state index in [0.717, 1.165) is 25.2 Å². The third-order valence-electron chi connectivity index (χ3n) is 3.15. The van der Waals surface area contributed by atoms with Crippen molar-refractivity contribution in [3.63, 3.8) is 0 Å². The molecule has 1 aromatic rings. The van der Waals surface area contributed by atoms with Crippen LogP contribution in [0.1, 0.15) is 27.2 Å². The Morgan fingerprint density at radius 1 is 1.43 bits per heavy atom. The second kappa shape index (κ2) is 6.30. The fourth-order valence-corrected chi connectivity index (χ4v) is 2.25. The summed E-state index contributed by atoms with van der Waals surface area (Å²) in [5.41, 5.74) is 0.449. The first kappa shape index (κ1) is 15.6. The van der Waals surface area contributed by atoms with Crippen molar-refractivity contribution in [3.8, 4) is 0 Å². The summed E-state index contributed by atoms with van der Waals surface area (Å²) in [7, 11) is 2.12. The molecule has 1 amide bonds. The van der Waals surface area contributed by atoms with Crippen LogP contribution in [-0.4, -0.2) is 47.8 Å². The molecule has 2 N–H and O–H groups in total. The highest BCUT2D eigenvalue weighted by Gasteiger charge is 2.19. The summed E-state index contributed by atoms with van der Waals surface area (Å²) >= 11 is 0. The molecule has 0 aromatic carbocycles. The van der Waals surface area contributed by atoms with E-state index in [1.54, 1.807) is 12.3 Å². The van der Waals surface area contributed by atoms with Gasteiger partial charge in [-0.1, -0.05) is 0 Å². The smallest absolute Gasteiger partial charge is 0.413 e. The number of ether oxygens (including phenoxy) is 1. The summed E-state index contributed by atoms with van der Waals surface area (Å²) in [6, 6.07) is 4.14. The Morgan fingerprint density at radius 2 is 2.19 bits per heavy atom. The van der Waals surface area contributed by atoms with Crippen molar-refractivity contribution in [2.24, 2.45) is 0 Å². The molecule has 1 fully saturated rings. The van der Waals surface area contributed by atoms with E-state index in [1.807, 2.05) is 26.8 Å². The van der Waals surface area contributed by atoms with Crippen molar-refractivity contribution in [2.45, 2.75) is 38.8 Å². The van der Waals surface area contributed by atoms with Crippen LogP contribution >= 0.6 is 0 Å². The molecule has 6 heteroatoms. The standard InChI is InChI=1S/C15H24N4O2/c1-15(2,3)21-14(20)18-13-6-5-11(9-16-13)17-12-7-8-19(4)10-12/h5-6,9,12,17H,7-8,10H2,1-4H3,(H,16,18,20). The van der Waals surface area contributed by atoms with Crippen LogP contribution in [0.4, 0.5) is 16.3 Å². The maximum atomic E-state index is 11.6. The fourth-order valence-electron chi connectivity index (χ4n) is 2.25. The molecule has 0 aliphatic carbocycles. The van der Waals surface area contributed by atoms with Gasteiger partial charge in [0.1, 0.15) is 11.4 Å². The van der Waals surface area contributed by atoms with Gasteiger partial charge in [-0.3, -0.25) is 5.32 Å². The topological polar surface area (TPSA) is 66.5 Å². The number of nitrogens with one attached hydrogen (secondary N) is 2. The Hall–Kier alpha value is -1.82. The van der Waals surface area contributed by atoms with Crippen molar-refractivity contribution in [3.05, 3.63) is 18.3 Å². The van der Waals surface area contributed by atoms with Crippen LogP contribution in [0.25, 0.3) is 0 Å². The monoisotopic (exact) mass is 292 g/mol. The number of hydrogen-bond donors (Lipinski definition) is 2. The highest BCUT2D eigenvalue weighted by molar-refractivity contribution is 5.83. The van der Waals surface area contributed by atoms with Crippen LogP contribution in [0.2, 0.25) is 0 Å². The zero-order valence-electron chi connectivity index (χ0n) is 13.1. The van der Waals surface area contributed by atoms with Gasteiger partial charge in [-0.25, -0.2) is 9.78 Å². The molecule has 2 heterocycles. The quantitative estimate of drug-likeness (QED) is 0.896. The normalized spacial score (nSPS) is 19.3. The Morgan fingerprint density at radius 3 is 2.71 bits per heavy atom. The van der Waals surface area contributed by atoms with Gasteiger partial charge in [-0.05, 0) is 52.9 Å². The van der Waals surface area contributed by atoms with Gasteiger partial charge in [0.05, 0.1) is 11.9 Å². The van der Waals surface area contributed by atoms with E-state index in [4.69, 9.17) is 4.74 Å². The van der Waals surface area contributed by atoms with Crippen LogP contribution in [0, 0.1) is 0 Å². The maximum Gasteiger partial charge on any atom is 0.413 e. The lowest BCUT2D eigenvalue weighted by molar-refractivity contribution is 0.0635. The second-order valence-electron chi connectivity index (χ2n) is 6.45. The van der Waals surface area contributed by atoms with E-state index in [0.29, 0.717) is 11.9 Å². The number of likely N-dealkylation sites (tertiary alicyclic amines) is 1. The van der Waals surface area contributed by atoms with Crippen LogP contribution in [0.5, 0.6) is 0 Å². The number of rotatable bonds is 3. The molecule has 1 atom stereocenters. The minimum absolute atomic E-state index is 0.460. The largest absolute Gasteiger partial charge is 0.444 e. The van der Waals surface area contributed by atoms with E-state index in [2.05, 4.69) is 27.6 Å². The number of hydrogen-bond acceptors (Lipinski definition) is 5. The zero-order chi connectivity index (χ0) is 15.5. The van der Waals surface area contributed by atoms with Gasteiger partial charge in [0.2, 0.25) is 0 Å². The van der Waals surface area contributed by atoms with Crippen molar-refractivity contribution in [1.82, 2.24) is 9.88 Å². The van der Waals surface area contributed by atoms with E-state index in [9.17, 15) is 4.79 Å². The lowest BCUT2D eigenvalue weighted by Gasteiger charge is -2.19. The number of anilines is 2. The van der Waals surface area contributed by atoms with Gasteiger partial charge >= 0.3 is 6.09 Å². The molecule has 0 saturated carbocycles. The minimum atomic E-state index is -0.514. The molecule has 116 valence electrons. The van der Waals surface area contributed by atoms with Crippen molar-refractivity contribution in [1.29, 1.82) is 0 Å². The molecular weight excluding hydrogens is 268 g/mol. The maximum absolute atomic E-state index is 11.6.